The lowest BCUT2D eigenvalue weighted by atomic mass is 10.0. The molecule has 0 radical (unpaired) electrons. The maximum absolute atomic E-state index is 5.57. The molecule has 0 aliphatic rings. The first-order chi connectivity index (χ1) is 9.00. The van der Waals surface area contributed by atoms with Crippen LogP contribution in [0.2, 0.25) is 0 Å². The van der Waals surface area contributed by atoms with Crippen LogP contribution < -0.4 is 5.32 Å². The number of benzene rings is 1. The second-order valence-corrected chi connectivity index (χ2v) is 5.44. The summed E-state index contributed by atoms with van der Waals surface area (Å²) in [4.78, 5) is 2.13. The van der Waals surface area contributed by atoms with E-state index in [0.717, 1.165) is 26.3 Å². The highest BCUT2D eigenvalue weighted by Crippen LogP contribution is 2.16. The van der Waals surface area contributed by atoms with Crippen LogP contribution in [0.25, 0.3) is 0 Å². The number of hydrogen-bond donors (Lipinski definition) is 1. The number of likely N-dealkylation sites (N-methyl/N-ethyl adjacent to an activating group) is 1. The molecule has 0 amide bonds. The van der Waals surface area contributed by atoms with Crippen LogP contribution in [0.4, 0.5) is 0 Å². The number of rotatable bonds is 8. The Morgan fingerprint density at radius 2 is 1.89 bits per heavy atom. The van der Waals surface area contributed by atoms with Crippen LogP contribution in [0, 0.1) is 13.8 Å². The summed E-state index contributed by atoms with van der Waals surface area (Å²) in [6.45, 7) is 9.94. The second-order valence-electron chi connectivity index (χ2n) is 5.44. The van der Waals surface area contributed by atoms with Crippen LogP contribution in [-0.2, 0) is 4.74 Å². The molecule has 1 rings (SSSR count). The van der Waals surface area contributed by atoms with E-state index in [9.17, 15) is 0 Å². The van der Waals surface area contributed by atoms with E-state index in [-0.39, 0.29) is 0 Å². The second kappa shape index (κ2) is 8.31. The molecule has 108 valence electrons. The smallest absolute Gasteiger partial charge is 0.0593 e. The molecule has 0 saturated heterocycles. The molecule has 1 atom stereocenters. The average molecular weight is 264 g/mol. The molecule has 0 bridgehead atoms. The molecule has 19 heavy (non-hydrogen) atoms. The van der Waals surface area contributed by atoms with Crippen LogP contribution >= 0.6 is 0 Å². The third-order valence-corrected chi connectivity index (χ3v) is 3.41. The monoisotopic (exact) mass is 264 g/mol. The SMILES string of the molecule is Cc1ccc(C(C)NCCOCCN(C)C)cc1C. The number of nitrogens with one attached hydrogen (secondary N) is 1. The van der Waals surface area contributed by atoms with Crippen molar-refractivity contribution in [2.45, 2.75) is 26.8 Å². The van der Waals surface area contributed by atoms with Gasteiger partial charge in [-0.2, -0.15) is 0 Å². The first-order valence-corrected chi connectivity index (χ1v) is 7.03. The van der Waals surface area contributed by atoms with Crippen molar-refractivity contribution in [2.75, 3.05) is 40.4 Å². The van der Waals surface area contributed by atoms with Crippen molar-refractivity contribution in [1.82, 2.24) is 10.2 Å². The minimum absolute atomic E-state index is 0.372. The van der Waals surface area contributed by atoms with E-state index in [0.29, 0.717) is 6.04 Å². The Balaban J connectivity index is 2.23. The molecule has 3 heteroatoms. The summed E-state index contributed by atoms with van der Waals surface area (Å²) in [7, 11) is 4.12. The zero-order valence-corrected chi connectivity index (χ0v) is 13.0. The summed E-state index contributed by atoms with van der Waals surface area (Å²) in [5.74, 6) is 0. The van der Waals surface area contributed by atoms with Gasteiger partial charge in [0.2, 0.25) is 0 Å². The molecule has 0 fully saturated rings. The van der Waals surface area contributed by atoms with Crippen molar-refractivity contribution in [3.05, 3.63) is 34.9 Å². The molecule has 0 heterocycles. The fourth-order valence-corrected chi connectivity index (χ4v) is 1.85. The van der Waals surface area contributed by atoms with E-state index < -0.39 is 0 Å². The van der Waals surface area contributed by atoms with Gasteiger partial charge in [-0.1, -0.05) is 18.2 Å². The van der Waals surface area contributed by atoms with Gasteiger partial charge in [-0.15, -0.1) is 0 Å². The Labute approximate surface area is 118 Å². The van der Waals surface area contributed by atoms with E-state index >= 15 is 0 Å². The van der Waals surface area contributed by atoms with Gasteiger partial charge < -0.3 is 15.0 Å². The molecule has 1 unspecified atom stereocenters. The molecular weight excluding hydrogens is 236 g/mol. The van der Waals surface area contributed by atoms with E-state index in [1.165, 1.54) is 16.7 Å². The zero-order valence-electron chi connectivity index (χ0n) is 13.0. The maximum Gasteiger partial charge on any atom is 0.0593 e. The van der Waals surface area contributed by atoms with Gasteiger partial charge in [0, 0.05) is 19.1 Å². The quantitative estimate of drug-likeness (QED) is 0.730. The summed E-state index contributed by atoms with van der Waals surface area (Å²) < 4.78 is 5.57. The third-order valence-electron chi connectivity index (χ3n) is 3.41. The van der Waals surface area contributed by atoms with Gasteiger partial charge in [0.05, 0.1) is 13.2 Å². The predicted molar refractivity (Wildman–Crippen MR) is 81.7 cm³/mol. The molecular formula is C16H28N2O. The summed E-state index contributed by atoms with van der Waals surface area (Å²) in [6, 6.07) is 7.03. The average Bonchev–Trinajstić information content (AvgIpc) is 2.36. The van der Waals surface area contributed by atoms with Crippen molar-refractivity contribution in [3.8, 4) is 0 Å². The van der Waals surface area contributed by atoms with Crippen LogP contribution in [0.1, 0.15) is 29.7 Å². The lowest BCUT2D eigenvalue weighted by Crippen LogP contribution is -2.25. The van der Waals surface area contributed by atoms with Crippen molar-refractivity contribution in [2.24, 2.45) is 0 Å². The van der Waals surface area contributed by atoms with Gasteiger partial charge >= 0.3 is 0 Å². The largest absolute Gasteiger partial charge is 0.379 e. The number of ether oxygens (including phenoxy) is 1. The highest BCUT2D eigenvalue weighted by molar-refractivity contribution is 5.31. The van der Waals surface area contributed by atoms with Gasteiger partial charge in [-0.3, -0.25) is 0 Å². The Morgan fingerprint density at radius 3 is 2.53 bits per heavy atom. The summed E-state index contributed by atoms with van der Waals surface area (Å²) in [5, 5.41) is 3.50. The van der Waals surface area contributed by atoms with Crippen LogP contribution in [0.15, 0.2) is 18.2 Å². The zero-order chi connectivity index (χ0) is 14.3. The lowest BCUT2D eigenvalue weighted by molar-refractivity contribution is 0.118. The Morgan fingerprint density at radius 1 is 1.16 bits per heavy atom. The van der Waals surface area contributed by atoms with E-state index in [4.69, 9.17) is 4.74 Å². The minimum Gasteiger partial charge on any atom is -0.379 e. The van der Waals surface area contributed by atoms with Crippen molar-refractivity contribution in [3.63, 3.8) is 0 Å². The standard InChI is InChI=1S/C16H28N2O/c1-13-6-7-16(12-14(13)2)15(3)17-8-10-19-11-9-18(4)5/h6-7,12,15,17H,8-11H2,1-5H3. The van der Waals surface area contributed by atoms with Crippen LogP contribution in [0.3, 0.4) is 0 Å². The molecule has 0 aromatic heterocycles. The Bertz CT molecular complexity index is 377. The Kier molecular flexibility index (Phi) is 7.06. The highest BCUT2D eigenvalue weighted by atomic mass is 16.5. The first kappa shape index (κ1) is 16.2. The molecule has 1 N–H and O–H groups in total. The number of hydrogen-bond acceptors (Lipinski definition) is 3. The van der Waals surface area contributed by atoms with Crippen molar-refractivity contribution < 1.29 is 4.74 Å². The van der Waals surface area contributed by atoms with Gasteiger partial charge in [0.1, 0.15) is 0 Å². The predicted octanol–water partition coefficient (Wildman–Crippen LogP) is 2.53. The van der Waals surface area contributed by atoms with Crippen molar-refractivity contribution >= 4 is 0 Å². The van der Waals surface area contributed by atoms with Crippen LogP contribution in [-0.4, -0.2) is 45.3 Å². The topological polar surface area (TPSA) is 24.5 Å². The van der Waals surface area contributed by atoms with Crippen molar-refractivity contribution in [1.29, 1.82) is 0 Å². The molecule has 1 aromatic rings. The molecule has 0 spiro atoms. The van der Waals surface area contributed by atoms with Gasteiger partial charge in [-0.25, -0.2) is 0 Å². The molecule has 0 saturated carbocycles. The van der Waals surface area contributed by atoms with Gasteiger partial charge in [0.15, 0.2) is 0 Å². The molecule has 0 aliphatic heterocycles. The van der Waals surface area contributed by atoms with Gasteiger partial charge in [0.25, 0.3) is 0 Å². The Hall–Kier alpha value is -0.900. The lowest BCUT2D eigenvalue weighted by Gasteiger charge is -2.16. The maximum atomic E-state index is 5.57. The summed E-state index contributed by atoms with van der Waals surface area (Å²) >= 11 is 0. The highest BCUT2D eigenvalue weighted by Gasteiger charge is 2.05. The normalized spacial score (nSPS) is 12.9. The summed E-state index contributed by atoms with van der Waals surface area (Å²) in [5.41, 5.74) is 4.05. The third kappa shape index (κ3) is 6.19. The fourth-order valence-electron chi connectivity index (χ4n) is 1.85. The van der Waals surface area contributed by atoms with Gasteiger partial charge in [-0.05, 0) is 51.6 Å². The van der Waals surface area contributed by atoms with E-state index in [1.807, 2.05) is 0 Å². The van der Waals surface area contributed by atoms with E-state index in [2.05, 4.69) is 63.3 Å². The molecule has 3 nitrogen and oxygen atoms in total. The fraction of sp³-hybridized carbons (Fsp3) is 0.625. The van der Waals surface area contributed by atoms with E-state index in [1.54, 1.807) is 0 Å². The number of nitrogens with zero attached hydrogens (tertiary/aromatic N) is 1. The molecule has 1 aromatic carbocycles. The number of aryl methyl sites for hydroxylation is 2. The molecule has 0 aliphatic carbocycles. The summed E-state index contributed by atoms with van der Waals surface area (Å²) in [6.07, 6.45) is 0. The van der Waals surface area contributed by atoms with Crippen LogP contribution in [0.5, 0.6) is 0 Å². The first-order valence-electron chi connectivity index (χ1n) is 7.03. The minimum atomic E-state index is 0.372.